The van der Waals surface area contributed by atoms with Crippen LogP contribution < -0.4 is 0 Å². The lowest BCUT2D eigenvalue weighted by molar-refractivity contribution is -0.0792. The summed E-state index contributed by atoms with van der Waals surface area (Å²) in [5.41, 5.74) is 0.412. The maximum atomic E-state index is 9.66. The van der Waals surface area contributed by atoms with Gasteiger partial charge >= 0.3 is 0 Å². The van der Waals surface area contributed by atoms with E-state index >= 15 is 0 Å². The zero-order valence-electron chi connectivity index (χ0n) is 11.4. The summed E-state index contributed by atoms with van der Waals surface area (Å²) >= 11 is 0. The molecule has 0 spiro atoms. The van der Waals surface area contributed by atoms with Gasteiger partial charge in [0.15, 0.2) is 0 Å². The quantitative estimate of drug-likeness (QED) is 0.681. The van der Waals surface area contributed by atoms with Crippen molar-refractivity contribution in [2.45, 2.75) is 53.9 Å². The molecule has 1 heteroatoms. The first-order chi connectivity index (χ1) is 7.38. The summed E-state index contributed by atoms with van der Waals surface area (Å²) in [5, 5.41) is 9.66. The van der Waals surface area contributed by atoms with E-state index in [-0.39, 0.29) is 5.41 Å². The number of nitrogens with zero attached hydrogens (tertiary/aromatic N) is 1. The van der Waals surface area contributed by atoms with Gasteiger partial charge in [-0.1, -0.05) is 41.0 Å². The van der Waals surface area contributed by atoms with Gasteiger partial charge in [0.1, 0.15) is 0 Å². The fourth-order valence-corrected chi connectivity index (χ4v) is 4.87. The van der Waals surface area contributed by atoms with E-state index in [0.29, 0.717) is 23.2 Å². The van der Waals surface area contributed by atoms with Gasteiger partial charge in [-0.25, -0.2) is 0 Å². The molecule has 0 radical (unpaired) electrons. The predicted molar refractivity (Wildman–Crippen MR) is 66.7 cm³/mol. The van der Waals surface area contributed by atoms with E-state index < -0.39 is 0 Å². The molecule has 0 aromatic heterocycles. The van der Waals surface area contributed by atoms with Crippen LogP contribution in [0.4, 0.5) is 0 Å². The second kappa shape index (κ2) is 3.49. The average molecular weight is 219 g/mol. The Hall–Kier alpha value is -0.510. The molecule has 0 aromatic carbocycles. The van der Waals surface area contributed by atoms with Gasteiger partial charge in [0.2, 0.25) is 0 Å². The molecule has 1 nitrogen and oxygen atoms in total. The first-order valence-electron chi connectivity index (χ1n) is 6.79. The topological polar surface area (TPSA) is 23.8 Å². The van der Waals surface area contributed by atoms with Crippen LogP contribution in [-0.2, 0) is 0 Å². The zero-order valence-corrected chi connectivity index (χ0v) is 11.4. The molecule has 0 aromatic rings. The maximum absolute atomic E-state index is 9.66. The fourth-order valence-electron chi connectivity index (χ4n) is 4.87. The number of fused-ring (bicyclic) bond motifs is 1. The van der Waals surface area contributed by atoms with Crippen LogP contribution in [0.5, 0.6) is 0 Å². The van der Waals surface area contributed by atoms with E-state index in [0.717, 1.165) is 12.3 Å². The molecule has 1 unspecified atom stereocenters. The molecule has 0 aliphatic heterocycles. The number of rotatable bonds is 2. The van der Waals surface area contributed by atoms with Gasteiger partial charge in [-0.05, 0) is 41.9 Å². The first-order valence-corrected chi connectivity index (χ1v) is 6.79. The lowest BCUT2D eigenvalue weighted by atomic mass is 9.46. The molecule has 0 amide bonds. The van der Waals surface area contributed by atoms with E-state index in [2.05, 4.69) is 40.7 Å². The van der Waals surface area contributed by atoms with Crippen LogP contribution >= 0.6 is 0 Å². The Labute approximate surface area is 100 Å². The lowest BCUT2D eigenvalue weighted by Crippen LogP contribution is -2.54. The van der Waals surface area contributed by atoms with Crippen molar-refractivity contribution in [2.24, 2.45) is 34.5 Å². The molecule has 2 aliphatic rings. The van der Waals surface area contributed by atoms with Crippen molar-refractivity contribution in [3.05, 3.63) is 0 Å². The van der Waals surface area contributed by atoms with E-state index in [1.807, 2.05) is 0 Å². The van der Waals surface area contributed by atoms with Crippen LogP contribution in [0.15, 0.2) is 0 Å². The standard InChI is InChI=1S/C15H25N/c1-6-10(2)13-11(3)12-7-14(4,5)8-15(12,13)9-16/h10-13H,6-8H2,1-5H3/t10-,11-,12+,13-,15?/m0/s1. The first kappa shape index (κ1) is 12.0. The summed E-state index contributed by atoms with van der Waals surface area (Å²) in [6.07, 6.45) is 3.60. The Morgan fingerprint density at radius 2 is 2.06 bits per heavy atom. The van der Waals surface area contributed by atoms with Crippen molar-refractivity contribution in [2.75, 3.05) is 0 Å². The Kier molecular flexibility index (Phi) is 2.61. The SMILES string of the molecule is CC[C@H](C)[C@H]1[C@@H](C)[C@H]2CC(C)(C)CC12C#N. The van der Waals surface area contributed by atoms with Gasteiger partial charge in [-0.15, -0.1) is 0 Å². The molecule has 2 rings (SSSR count). The summed E-state index contributed by atoms with van der Waals surface area (Å²) in [7, 11) is 0. The summed E-state index contributed by atoms with van der Waals surface area (Å²) in [6, 6.07) is 2.73. The molecule has 0 bridgehead atoms. The Balaban J connectivity index is 2.29. The molecule has 5 atom stereocenters. The molecule has 0 saturated heterocycles. The Morgan fingerprint density at radius 3 is 2.56 bits per heavy atom. The van der Waals surface area contributed by atoms with Crippen molar-refractivity contribution in [1.29, 1.82) is 5.26 Å². The second-order valence-electron chi connectivity index (χ2n) is 7.07. The van der Waals surface area contributed by atoms with Gasteiger partial charge in [0.25, 0.3) is 0 Å². The van der Waals surface area contributed by atoms with E-state index in [4.69, 9.17) is 0 Å². The predicted octanol–water partition coefficient (Wildman–Crippen LogP) is 4.24. The second-order valence-corrected chi connectivity index (χ2v) is 7.07. The molecular weight excluding hydrogens is 194 g/mol. The largest absolute Gasteiger partial charge is 0.198 e. The lowest BCUT2D eigenvalue weighted by Gasteiger charge is -2.56. The maximum Gasteiger partial charge on any atom is 0.0696 e. The Bertz CT molecular complexity index is 325. The van der Waals surface area contributed by atoms with Gasteiger partial charge in [-0.3, -0.25) is 0 Å². The van der Waals surface area contributed by atoms with Crippen molar-refractivity contribution >= 4 is 0 Å². The molecule has 2 saturated carbocycles. The van der Waals surface area contributed by atoms with Gasteiger partial charge in [-0.2, -0.15) is 5.26 Å². The molecule has 2 fully saturated rings. The molecular formula is C15H25N. The third kappa shape index (κ3) is 1.35. The van der Waals surface area contributed by atoms with Crippen LogP contribution in [0.25, 0.3) is 0 Å². The van der Waals surface area contributed by atoms with Gasteiger partial charge in [0.05, 0.1) is 11.5 Å². The van der Waals surface area contributed by atoms with Crippen molar-refractivity contribution in [1.82, 2.24) is 0 Å². The van der Waals surface area contributed by atoms with Crippen LogP contribution in [-0.4, -0.2) is 0 Å². The highest BCUT2D eigenvalue weighted by Crippen LogP contribution is 2.70. The third-order valence-electron chi connectivity index (χ3n) is 5.47. The van der Waals surface area contributed by atoms with Gasteiger partial charge < -0.3 is 0 Å². The fraction of sp³-hybridized carbons (Fsp3) is 0.933. The smallest absolute Gasteiger partial charge is 0.0696 e. The summed E-state index contributed by atoms with van der Waals surface area (Å²) in [5.74, 6) is 2.79. The normalized spacial score (nSPS) is 46.6. The summed E-state index contributed by atoms with van der Waals surface area (Å²) < 4.78 is 0. The minimum atomic E-state index is 0.0261. The van der Waals surface area contributed by atoms with Crippen LogP contribution in [0.1, 0.15) is 53.9 Å². The van der Waals surface area contributed by atoms with E-state index in [1.54, 1.807) is 0 Å². The zero-order chi connectivity index (χ0) is 12.1. The number of hydrogen-bond acceptors (Lipinski definition) is 1. The minimum absolute atomic E-state index is 0.0261. The van der Waals surface area contributed by atoms with Crippen molar-refractivity contribution in [3.63, 3.8) is 0 Å². The van der Waals surface area contributed by atoms with Crippen LogP contribution in [0.2, 0.25) is 0 Å². The van der Waals surface area contributed by atoms with Crippen LogP contribution in [0, 0.1) is 45.8 Å². The highest BCUT2D eigenvalue weighted by Gasteiger charge is 2.67. The molecule has 2 aliphatic carbocycles. The third-order valence-corrected chi connectivity index (χ3v) is 5.47. The van der Waals surface area contributed by atoms with E-state index in [9.17, 15) is 5.26 Å². The molecule has 0 heterocycles. The summed E-state index contributed by atoms with van der Waals surface area (Å²) in [4.78, 5) is 0. The molecule has 16 heavy (non-hydrogen) atoms. The minimum Gasteiger partial charge on any atom is -0.198 e. The Morgan fingerprint density at radius 1 is 1.44 bits per heavy atom. The van der Waals surface area contributed by atoms with Crippen molar-refractivity contribution < 1.29 is 0 Å². The van der Waals surface area contributed by atoms with Gasteiger partial charge in [0, 0.05) is 0 Å². The summed E-state index contributed by atoms with van der Waals surface area (Å²) in [6.45, 7) is 11.6. The molecule has 0 N–H and O–H groups in total. The van der Waals surface area contributed by atoms with Crippen molar-refractivity contribution in [3.8, 4) is 6.07 Å². The number of nitriles is 1. The average Bonchev–Trinajstić information content (AvgIpc) is 2.47. The highest BCUT2D eigenvalue weighted by molar-refractivity contribution is 5.23. The number of hydrogen-bond donors (Lipinski definition) is 0. The van der Waals surface area contributed by atoms with E-state index in [1.165, 1.54) is 12.8 Å². The van der Waals surface area contributed by atoms with Crippen LogP contribution in [0.3, 0.4) is 0 Å². The monoisotopic (exact) mass is 219 g/mol. The highest BCUT2D eigenvalue weighted by atomic mass is 14.7. The molecule has 90 valence electrons.